The summed E-state index contributed by atoms with van der Waals surface area (Å²) < 4.78 is 7.67. The van der Waals surface area contributed by atoms with Crippen LogP contribution in [0.3, 0.4) is 0 Å². The molecule has 0 spiro atoms. The molecule has 0 aliphatic carbocycles. The summed E-state index contributed by atoms with van der Waals surface area (Å²) in [6.45, 7) is 5.34. The van der Waals surface area contributed by atoms with Crippen LogP contribution in [0.25, 0.3) is 5.69 Å². The Morgan fingerprint density at radius 3 is 2.55 bits per heavy atom. The van der Waals surface area contributed by atoms with Crippen LogP contribution in [0.1, 0.15) is 23.5 Å². The van der Waals surface area contributed by atoms with Crippen molar-refractivity contribution in [3.8, 4) is 5.69 Å². The molecule has 106 valence electrons. The average Bonchev–Trinajstić information content (AvgIpc) is 3.07. The zero-order valence-electron chi connectivity index (χ0n) is 11.7. The number of carbonyl (C=O) groups is 1. The summed E-state index contributed by atoms with van der Waals surface area (Å²) in [5.41, 5.74) is 0.955. The van der Waals surface area contributed by atoms with Crippen LogP contribution < -0.4 is 0 Å². The van der Waals surface area contributed by atoms with Crippen molar-refractivity contribution in [1.82, 2.24) is 9.47 Å². The predicted molar refractivity (Wildman–Crippen MR) is 79.6 cm³/mol. The van der Waals surface area contributed by atoms with Crippen molar-refractivity contribution in [2.24, 2.45) is 0 Å². The summed E-state index contributed by atoms with van der Waals surface area (Å²) in [5, 5.41) is 1.97. The molecule has 0 N–H and O–H groups in total. The first kappa shape index (κ1) is 13.4. The van der Waals surface area contributed by atoms with Gasteiger partial charge in [0.05, 0.1) is 17.9 Å². The van der Waals surface area contributed by atoms with Crippen molar-refractivity contribution in [3.05, 3.63) is 40.8 Å². The van der Waals surface area contributed by atoms with Gasteiger partial charge in [-0.1, -0.05) is 0 Å². The fraction of sp³-hybridized carbons (Fsp3) is 0.400. The highest BCUT2D eigenvalue weighted by Crippen LogP contribution is 2.24. The van der Waals surface area contributed by atoms with Gasteiger partial charge in [-0.2, -0.15) is 0 Å². The van der Waals surface area contributed by atoms with Crippen LogP contribution in [-0.4, -0.2) is 40.7 Å². The fourth-order valence-corrected chi connectivity index (χ4v) is 3.51. The number of amides is 1. The lowest BCUT2D eigenvalue weighted by molar-refractivity contribution is -0.0585. The first-order valence-corrected chi connectivity index (χ1v) is 7.68. The molecule has 5 heteroatoms. The standard InChI is InChI=1S/C15H18N2O2S/c1-11-9-17(10-12(2)19-11)15(18)14-13(5-8-20-14)16-6-3-4-7-16/h3-8,11-12H,9-10H2,1-2H3/t11-,12-/m1/s1. The molecule has 0 saturated carbocycles. The van der Waals surface area contributed by atoms with Gasteiger partial charge in [-0.25, -0.2) is 0 Å². The second-order valence-electron chi connectivity index (χ2n) is 5.19. The summed E-state index contributed by atoms with van der Waals surface area (Å²) in [6, 6.07) is 5.92. The summed E-state index contributed by atoms with van der Waals surface area (Å²) in [4.78, 5) is 15.4. The maximum Gasteiger partial charge on any atom is 0.266 e. The number of rotatable bonds is 2. The number of ether oxygens (including phenoxy) is 1. The number of thiophene rings is 1. The van der Waals surface area contributed by atoms with Gasteiger partial charge in [0.1, 0.15) is 4.88 Å². The number of carbonyl (C=O) groups excluding carboxylic acids is 1. The van der Waals surface area contributed by atoms with E-state index in [0.29, 0.717) is 13.1 Å². The molecule has 0 aromatic carbocycles. The van der Waals surface area contributed by atoms with E-state index in [9.17, 15) is 4.79 Å². The zero-order chi connectivity index (χ0) is 14.1. The number of nitrogens with zero attached hydrogens (tertiary/aromatic N) is 2. The van der Waals surface area contributed by atoms with Crippen molar-refractivity contribution >= 4 is 17.2 Å². The predicted octanol–water partition coefficient (Wildman–Crippen LogP) is 2.79. The van der Waals surface area contributed by atoms with Gasteiger partial charge in [0.2, 0.25) is 0 Å². The molecule has 2 aromatic heterocycles. The Labute approximate surface area is 122 Å². The molecule has 4 nitrogen and oxygen atoms in total. The summed E-state index contributed by atoms with van der Waals surface area (Å²) in [6.07, 6.45) is 4.11. The SMILES string of the molecule is C[C@@H]1CN(C(=O)c2sccc2-n2cccc2)C[C@@H](C)O1. The third-order valence-corrected chi connectivity index (χ3v) is 4.32. The van der Waals surface area contributed by atoms with Crippen molar-refractivity contribution < 1.29 is 9.53 Å². The van der Waals surface area contributed by atoms with Crippen LogP contribution in [0.5, 0.6) is 0 Å². The Morgan fingerprint density at radius 1 is 1.25 bits per heavy atom. The Hall–Kier alpha value is -1.59. The highest BCUT2D eigenvalue weighted by Gasteiger charge is 2.28. The highest BCUT2D eigenvalue weighted by molar-refractivity contribution is 7.12. The lowest BCUT2D eigenvalue weighted by atomic mass is 10.2. The molecule has 3 rings (SSSR count). The van der Waals surface area contributed by atoms with Crippen molar-refractivity contribution in [2.75, 3.05) is 13.1 Å². The van der Waals surface area contributed by atoms with Gasteiger partial charge in [-0.15, -0.1) is 11.3 Å². The smallest absolute Gasteiger partial charge is 0.266 e. The molecule has 1 saturated heterocycles. The minimum Gasteiger partial charge on any atom is -0.372 e. The second kappa shape index (κ2) is 5.42. The van der Waals surface area contributed by atoms with Crippen molar-refractivity contribution in [3.63, 3.8) is 0 Å². The summed E-state index contributed by atoms with van der Waals surface area (Å²) in [7, 11) is 0. The van der Waals surface area contributed by atoms with Gasteiger partial charge in [0, 0.05) is 25.5 Å². The van der Waals surface area contributed by atoms with Crippen molar-refractivity contribution in [1.29, 1.82) is 0 Å². The molecular formula is C15H18N2O2S. The number of aromatic nitrogens is 1. The minimum atomic E-state index is 0.0951. The van der Waals surface area contributed by atoms with Gasteiger partial charge in [-0.3, -0.25) is 4.79 Å². The molecule has 3 heterocycles. The Bertz CT molecular complexity index is 581. The van der Waals surface area contributed by atoms with Crippen LogP contribution in [-0.2, 0) is 4.74 Å². The lowest BCUT2D eigenvalue weighted by Crippen LogP contribution is -2.48. The normalized spacial score (nSPS) is 23.0. The van der Waals surface area contributed by atoms with Crippen LogP contribution in [0.2, 0.25) is 0 Å². The van der Waals surface area contributed by atoms with Gasteiger partial charge in [0.15, 0.2) is 0 Å². The van der Waals surface area contributed by atoms with Gasteiger partial charge in [0.25, 0.3) is 5.91 Å². The van der Waals surface area contributed by atoms with E-state index in [1.54, 1.807) is 0 Å². The van der Waals surface area contributed by atoms with Gasteiger partial charge in [-0.05, 0) is 37.4 Å². The van der Waals surface area contributed by atoms with Crippen LogP contribution in [0.4, 0.5) is 0 Å². The molecule has 20 heavy (non-hydrogen) atoms. The molecule has 1 amide bonds. The second-order valence-corrected chi connectivity index (χ2v) is 6.11. The first-order chi connectivity index (χ1) is 9.65. The maximum absolute atomic E-state index is 12.7. The average molecular weight is 290 g/mol. The van der Waals surface area contributed by atoms with Gasteiger partial charge < -0.3 is 14.2 Å². The molecule has 0 radical (unpaired) electrons. The summed E-state index contributed by atoms with van der Waals surface area (Å²) in [5.74, 6) is 0.103. The highest BCUT2D eigenvalue weighted by atomic mass is 32.1. The van der Waals surface area contributed by atoms with E-state index in [1.807, 2.05) is 59.3 Å². The summed E-state index contributed by atoms with van der Waals surface area (Å²) >= 11 is 1.50. The Morgan fingerprint density at radius 2 is 1.90 bits per heavy atom. The Balaban J connectivity index is 1.86. The van der Waals surface area contributed by atoms with E-state index in [2.05, 4.69) is 0 Å². The van der Waals surface area contributed by atoms with Crippen LogP contribution in [0.15, 0.2) is 36.0 Å². The molecule has 2 atom stereocenters. The number of hydrogen-bond acceptors (Lipinski definition) is 3. The van der Waals surface area contributed by atoms with E-state index in [4.69, 9.17) is 4.74 Å². The monoisotopic (exact) mass is 290 g/mol. The quantitative estimate of drug-likeness (QED) is 0.852. The molecule has 2 aromatic rings. The molecule has 1 fully saturated rings. The number of hydrogen-bond donors (Lipinski definition) is 0. The maximum atomic E-state index is 12.7. The van der Waals surface area contributed by atoms with Gasteiger partial charge >= 0.3 is 0 Å². The minimum absolute atomic E-state index is 0.0951. The van der Waals surface area contributed by atoms with E-state index < -0.39 is 0 Å². The third kappa shape index (κ3) is 2.51. The molecular weight excluding hydrogens is 272 g/mol. The van der Waals surface area contributed by atoms with E-state index in [1.165, 1.54) is 11.3 Å². The number of morpholine rings is 1. The molecule has 1 aliphatic heterocycles. The van der Waals surface area contributed by atoms with E-state index >= 15 is 0 Å². The fourth-order valence-electron chi connectivity index (χ4n) is 2.65. The first-order valence-electron chi connectivity index (χ1n) is 6.80. The molecule has 0 bridgehead atoms. The van der Waals surface area contributed by atoms with Crippen molar-refractivity contribution in [2.45, 2.75) is 26.1 Å². The molecule has 1 aliphatic rings. The third-order valence-electron chi connectivity index (χ3n) is 3.43. The van der Waals surface area contributed by atoms with E-state index in [-0.39, 0.29) is 18.1 Å². The topological polar surface area (TPSA) is 34.5 Å². The van der Waals surface area contributed by atoms with Crippen LogP contribution in [0, 0.1) is 0 Å². The largest absolute Gasteiger partial charge is 0.372 e. The lowest BCUT2D eigenvalue weighted by Gasteiger charge is -2.35. The molecule has 0 unspecified atom stereocenters. The Kier molecular flexibility index (Phi) is 3.63. The zero-order valence-corrected chi connectivity index (χ0v) is 12.5. The van der Waals surface area contributed by atoms with E-state index in [0.717, 1.165) is 10.6 Å². The van der Waals surface area contributed by atoms with Crippen LogP contribution >= 0.6 is 11.3 Å².